The molecule has 0 aliphatic carbocycles. The molecule has 4 atom stereocenters. The topological polar surface area (TPSA) is 108 Å². The third-order valence-electron chi connectivity index (χ3n) is 5.16. The standard InChI is InChI=1S/C26H22O8/c27-21-22(33-24(29)18-12-6-2-7-13-18)20(16-31-23(28)17-10-4-1-5-11-17)32-26(21)34-25(30)19-14-8-3-9-15-19/h1-15,20-22,26-27H,16H2/t20?,21-,22-,26+/m1/s1. The number of aliphatic hydroxyl groups excluding tert-OH is 1. The van der Waals surface area contributed by atoms with Gasteiger partial charge in [0.25, 0.3) is 0 Å². The molecule has 4 rings (SSSR count). The summed E-state index contributed by atoms with van der Waals surface area (Å²) < 4.78 is 21.8. The zero-order chi connectivity index (χ0) is 23.9. The van der Waals surface area contributed by atoms with Crippen molar-refractivity contribution in [1.82, 2.24) is 0 Å². The number of esters is 3. The molecule has 8 heteroatoms. The third kappa shape index (κ3) is 5.48. The van der Waals surface area contributed by atoms with Crippen molar-refractivity contribution in [3.63, 3.8) is 0 Å². The lowest BCUT2D eigenvalue weighted by Crippen LogP contribution is -2.40. The Morgan fingerprint density at radius 1 is 0.676 bits per heavy atom. The molecule has 0 bridgehead atoms. The Labute approximate surface area is 195 Å². The molecule has 0 radical (unpaired) electrons. The van der Waals surface area contributed by atoms with Gasteiger partial charge in [0.05, 0.1) is 16.7 Å². The highest BCUT2D eigenvalue weighted by atomic mass is 16.7. The fraction of sp³-hybridized carbons (Fsp3) is 0.192. The van der Waals surface area contributed by atoms with Crippen molar-refractivity contribution in [3.8, 4) is 0 Å². The predicted molar refractivity (Wildman–Crippen MR) is 119 cm³/mol. The Morgan fingerprint density at radius 2 is 1.12 bits per heavy atom. The van der Waals surface area contributed by atoms with Gasteiger partial charge in [-0.2, -0.15) is 0 Å². The average molecular weight is 462 g/mol. The molecular formula is C26H22O8. The number of hydrogen-bond acceptors (Lipinski definition) is 8. The zero-order valence-electron chi connectivity index (χ0n) is 18.0. The molecule has 1 unspecified atom stereocenters. The molecule has 8 nitrogen and oxygen atoms in total. The van der Waals surface area contributed by atoms with Gasteiger partial charge in [0.1, 0.15) is 12.7 Å². The van der Waals surface area contributed by atoms with Crippen LogP contribution in [0.25, 0.3) is 0 Å². The van der Waals surface area contributed by atoms with E-state index in [0.717, 1.165) is 0 Å². The van der Waals surface area contributed by atoms with Crippen LogP contribution in [0.3, 0.4) is 0 Å². The van der Waals surface area contributed by atoms with E-state index in [-0.39, 0.29) is 17.7 Å². The van der Waals surface area contributed by atoms with E-state index in [1.165, 1.54) is 0 Å². The van der Waals surface area contributed by atoms with Crippen molar-refractivity contribution in [3.05, 3.63) is 108 Å². The van der Waals surface area contributed by atoms with Crippen LogP contribution in [0.5, 0.6) is 0 Å². The number of benzene rings is 3. The lowest BCUT2D eigenvalue weighted by Gasteiger charge is -2.20. The van der Waals surface area contributed by atoms with Gasteiger partial charge in [-0.1, -0.05) is 54.6 Å². The van der Waals surface area contributed by atoms with E-state index in [1.54, 1.807) is 91.0 Å². The van der Waals surface area contributed by atoms with Crippen LogP contribution in [-0.4, -0.2) is 54.2 Å². The van der Waals surface area contributed by atoms with E-state index < -0.39 is 42.5 Å². The van der Waals surface area contributed by atoms with Gasteiger partial charge in [0.15, 0.2) is 12.2 Å². The molecule has 1 heterocycles. The first-order chi connectivity index (χ1) is 16.5. The Kier molecular flexibility index (Phi) is 7.31. The zero-order valence-corrected chi connectivity index (χ0v) is 18.0. The number of aliphatic hydroxyl groups is 1. The minimum atomic E-state index is -1.50. The van der Waals surface area contributed by atoms with E-state index in [0.29, 0.717) is 5.56 Å². The lowest BCUT2D eigenvalue weighted by molar-refractivity contribution is -0.139. The summed E-state index contributed by atoms with van der Waals surface area (Å²) in [5.41, 5.74) is 0.848. The number of carbonyl (C=O) groups is 3. The van der Waals surface area contributed by atoms with Gasteiger partial charge in [-0.25, -0.2) is 14.4 Å². The van der Waals surface area contributed by atoms with E-state index >= 15 is 0 Å². The highest BCUT2D eigenvalue weighted by molar-refractivity contribution is 5.90. The fourth-order valence-electron chi connectivity index (χ4n) is 3.41. The third-order valence-corrected chi connectivity index (χ3v) is 5.16. The van der Waals surface area contributed by atoms with Crippen molar-refractivity contribution in [2.45, 2.75) is 24.6 Å². The summed E-state index contributed by atoms with van der Waals surface area (Å²) in [5.74, 6) is -2.04. The van der Waals surface area contributed by atoms with Crippen LogP contribution in [0, 0.1) is 0 Å². The van der Waals surface area contributed by atoms with Gasteiger partial charge < -0.3 is 24.1 Å². The van der Waals surface area contributed by atoms with Gasteiger partial charge in [-0.3, -0.25) is 0 Å². The summed E-state index contributed by atoms with van der Waals surface area (Å²) >= 11 is 0. The minimum Gasteiger partial charge on any atom is -0.459 e. The summed E-state index contributed by atoms with van der Waals surface area (Å²) in [5, 5.41) is 10.8. The number of hydrogen-bond donors (Lipinski definition) is 1. The lowest BCUT2D eigenvalue weighted by atomic mass is 10.1. The average Bonchev–Trinajstić information content (AvgIpc) is 3.17. The summed E-state index contributed by atoms with van der Waals surface area (Å²) in [7, 11) is 0. The first kappa shape index (κ1) is 23.2. The molecule has 1 aliphatic rings. The van der Waals surface area contributed by atoms with Crippen LogP contribution >= 0.6 is 0 Å². The summed E-state index contributed by atoms with van der Waals surface area (Å²) in [6.45, 7) is -0.336. The van der Waals surface area contributed by atoms with Crippen LogP contribution in [-0.2, 0) is 18.9 Å². The number of ether oxygens (including phenoxy) is 4. The molecule has 0 aromatic heterocycles. The molecule has 3 aromatic carbocycles. The first-order valence-electron chi connectivity index (χ1n) is 10.6. The molecule has 1 saturated heterocycles. The summed E-state index contributed by atoms with van der Waals surface area (Å²) in [6, 6.07) is 24.7. The van der Waals surface area contributed by atoms with E-state index in [1.807, 2.05) is 0 Å². The smallest absolute Gasteiger partial charge is 0.340 e. The Bertz CT molecular complexity index is 1120. The number of carbonyl (C=O) groups excluding carboxylic acids is 3. The quantitative estimate of drug-likeness (QED) is 0.422. The molecule has 0 amide bonds. The van der Waals surface area contributed by atoms with Crippen molar-refractivity contribution < 1.29 is 38.4 Å². The summed E-state index contributed by atoms with van der Waals surface area (Å²) in [4.78, 5) is 37.4. The SMILES string of the molecule is O=C(OCC1O[C@@H](OC(=O)c2ccccc2)[C@H](O)[C@@H]1OC(=O)c1ccccc1)c1ccccc1. The van der Waals surface area contributed by atoms with E-state index in [2.05, 4.69) is 0 Å². The van der Waals surface area contributed by atoms with Crippen molar-refractivity contribution in [1.29, 1.82) is 0 Å². The monoisotopic (exact) mass is 462 g/mol. The van der Waals surface area contributed by atoms with Gasteiger partial charge in [0.2, 0.25) is 6.29 Å². The van der Waals surface area contributed by atoms with Gasteiger partial charge in [-0.15, -0.1) is 0 Å². The van der Waals surface area contributed by atoms with Crippen LogP contribution < -0.4 is 0 Å². The molecule has 0 spiro atoms. The highest BCUT2D eigenvalue weighted by Gasteiger charge is 2.49. The van der Waals surface area contributed by atoms with Gasteiger partial charge in [-0.05, 0) is 36.4 Å². The Hall–Kier alpha value is -4.01. The molecule has 34 heavy (non-hydrogen) atoms. The van der Waals surface area contributed by atoms with Crippen molar-refractivity contribution in [2.24, 2.45) is 0 Å². The largest absolute Gasteiger partial charge is 0.459 e. The maximum Gasteiger partial charge on any atom is 0.340 e. The van der Waals surface area contributed by atoms with E-state index in [9.17, 15) is 19.5 Å². The van der Waals surface area contributed by atoms with Crippen LogP contribution in [0.4, 0.5) is 0 Å². The fourth-order valence-corrected chi connectivity index (χ4v) is 3.41. The minimum absolute atomic E-state index is 0.259. The molecule has 1 N–H and O–H groups in total. The second kappa shape index (κ2) is 10.7. The van der Waals surface area contributed by atoms with Crippen LogP contribution in [0.1, 0.15) is 31.1 Å². The number of rotatable bonds is 7. The van der Waals surface area contributed by atoms with Crippen LogP contribution in [0.15, 0.2) is 91.0 Å². The van der Waals surface area contributed by atoms with E-state index in [4.69, 9.17) is 18.9 Å². The maximum atomic E-state index is 12.6. The van der Waals surface area contributed by atoms with Crippen LogP contribution in [0.2, 0.25) is 0 Å². The second-order valence-electron chi connectivity index (χ2n) is 7.51. The second-order valence-corrected chi connectivity index (χ2v) is 7.51. The maximum absolute atomic E-state index is 12.6. The van der Waals surface area contributed by atoms with Gasteiger partial charge >= 0.3 is 17.9 Å². The highest BCUT2D eigenvalue weighted by Crippen LogP contribution is 2.27. The molecule has 174 valence electrons. The Balaban J connectivity index is 1.47. The van der Waals surface area contributed by atoms with Gasteiger partial charge in [0, 0.05) is 0 Å². The summed E-state index contributed by atoms with van der Waals surface area (Å²) in [6.07, 6.45) is -5.24. The molecule has 3 aromatic rings. The first-order valence-corrected chi connectivity index (χ1v) is 10.6. The Morgan fingerprint density at radius 3 is 1.62 bits per heavy atom. The van der Waals surface area contributed by atoms with Crippen molar-refractivity contribution >= 4 is 17.9 Å². The molecule has 1 fully saturated rings. The normalized spacial score (nSPS) is 21.4. The molecule has 0 saturated carbocycles. The predicted octanol–water partition coefficient (Wildman–Crippen LogP) is 3.01. The molecular weight excluding hydrogens is 440 g/mol. The van der Waals surface area contributed by atoms with Crippen molar-refractivity contribution in [2.75, 3.05) is 6.61 Å². The molecule has 1 aliphatic heterocycles.